The molecule has 0 saturated carbocycles. The lowest BCUT2D eigenvalue weighted by Gasteiger charge is -2.16. The second-order valence-electron chi connectivity index (χ2n) is 8.21. The fourth-order valence-corrected chi connectivity index (χ4v) is 5.01. The summed E-state index contributed by atoms with van der Waals surface area (Å²) in [6.45, 7) is 8.17. The molecule has 0 fully saturated rings. The van der Waals surface area contributed by atoms with Crippen LogP contribution in [-0.2, 0) is 22.7 Å². The molecule has 0 aliphatic rings. The molecule has 0 unspecified atom stereocenters. The number of phenols is 2. The minimum Gasteiger partial charge on any atom is -0.508 e. The van der Waals surface area contributed by atoms with Crippen LogP contribution in [0.3, 0.4) is 0 Å². The van der Waals surface area contributed by atoms with E-state index < -0.39 is 9.84 Å². The molecule has 0 atom stereocenters. The molecular weight excluding hydrogens is 412 g/mol. The second kappa shape index (κ2) is 11.2. The number of benzene rings is 1. The van der Waals surface area contributed by atoms with E-state index >= 15 is 0 Å². The summed E-state index contributed by atoms with van der Waals surface area (Å²) in [5.74, 6) is -0.454. The zero-order valence-corrected chi connectivity index (χ0v) is 19.8. The zero-order chi connectivity index (χ0) is 23.0. The van der Waals surface area contributed by atoms with Gasteiger partial charge in [0.15, 0.2) is 0 Å². The van der Waals surface area contributed by atoms with E-state index in [-0.39, 0.29) is 33.3 Å². The van der Waals surface area contributed by atoms with Crippen molar-refractivity contribution in [3.63, 3.8) is 0 Å². The number of sulfone groups is 1. The lowest BCUT2D eigenvalue weighted by atomic mass is 10.00. The highest BCUT2D eigenvalue weighted by molar-refractivity contribution is 7.91. The first-order valence-electron chi connectivity index (χ1n) is 10.8. The smallest absolute Gasteiger partial charge is 0.213 e. The topological polar surface area (TPSA) is 87.7 Å². The van der Waals surface area contributed by atoms with Crippen molar-refractivity contribution in [3.8, 4) is 11.5 Å². The zero-order valence-electron chi connectivity index (χ0n) is 18.9. The summed E-state index contributed by atoms with van der Waals surface area (Å²) in [7, 11) is -3.98. The predicted octanol–water partition coefficient (Wildman–Crippen LogP) is 6.49. The monoisotopic (exact) mass is 446 g/mol. The van der Waals surface area contributed by atoms with Crippen LogP contribution in [0.15, 0.2) is 62.2 Å². The standard InChI is InChI=1S/C25H34O5S/c1-5-6-7-11-20-16-23(26)22(13-12-19(4)10-8-9-18(2)3)24(27)25(20)31(28,29)21-14-15-30-17-21/h9,12,14-17,26-27H,5-8,10-11,13H2,1-4H3/b19-12+. The minimum atomic E-state index is -3.98. The first-order valence-corrected chi connectivity index (χ1v) is 12.3. The average Bonchev–Trinajstić information content (AvgIpc) is 3.23. The van der Waals surface area contributed by atoms with Gasteiger partial charge in [-0.1, -0.05) is 43.1 Å². The van der Waals surface area contributed by atoms with E-state index in [4.69, 9.17) is 4.42 Å². The summed E-state index contributed by atoms with van der Waals surface area (Å²) in [6.07, 6.45) is 11.7. The lowest BCUT2D eigenvalue weighted by Crippen LogP contribution is -2.07. The highest BCUT2D eigenvalue weighted by atomic mass is 32.2. The summed E-state index contributed by atoms with van der Waals surface area (Å²) in [5, 5.41) is 21.6. The van der Waals surface area contributed by atoms with Crippen LogP contribution < -0.4 is 0 Å². The van der Waals surface area contributed by atoms with Crippen LogP contribution in [0.4, 0.5) is 0 Å². The number of furan rings is 1. The summed E-state index contributed by atoms with van der Waals surface area (Å²) in [4.78, 5) is -0.141. The molecule has 0 amide bonds. The SMILES string of the molecule is CCCCCc1cc(O)c(C/C=C(\C)CCC=C(C)C)c(O)c1S(=O)(=O)c1ccoc1. The molecule has 6 heteroatoms. The number of unbranched alkanes of at least 4 members (excludes halogenated alkanes) is 2. The van der Waals surface area contributed by atoms with Crippen molar-refractivity contribution in [2.24, 2.45) is 0 Å². The van der Waals surface area contributed by atoms with Crippen LogP contribution >= 0.6 is 0 Å². The number of hydrogen-bond acceptors (Lipinski definition) is 5. The van der Waals surface area contributed by atoms with Crippen molar-refractivity contribution in [1.82, 2.24) is 0 Å². The van der Waals surface area contributed by atoms with Gasteiger partial charge in [0.05, 0.1) is 6.26 Å². The van der Waals surface area contributed by atoms with Gasteiger partial charge in [-0.15, -0.1) is 0 Å². The van der Waals surface area contributed by atoms with Crippen molar-refractivity contribution < 1.29 is 23.0 Å². The lowest BCUT2D eigenvalue weighted by molar-refractivity contribution is 0.427. The van der Waals surface area contributed by atoms with Gasteiger partial charge >= 0.3 is 0 Å². The first-order chi connectivity index (χ1) is 14.7. The van der Waals surface area contributed by atoms with Crippen molar-refractivity contribution in [2.45, 2.75) is 82.4 Å². The van der Waals surface area contributed by atoms with E-state index in [1.165, 1.54) is 24.0 Å². The number of hydrogen-bond donors (Lipinski definition) is 2. The summed E-state index contributed by atoms with van der Waals surface area (Å²) >= 11 is 0. The molecule has 0 radical (unpaired) electrons. The van der Waals surface area contributed by atoms with Gasteiger partial charge in [-0.05, 0) is 70.6 Å². The van der Waals surface area contributed by atoms with E-state index in [0.29, 0.717) is 12.0 Å². The fraction of sp³-hybridized carbons (Fsp3) is 0.440. The van der Waals surface area contributed by atoms with E-state index in [1.54, 1.807) is 0 Å². The molecule has 0 saturated heterocycles. The van der Waals surface area contributed by atoms with Crippen LogP contribution in [-0.4, -0.2) is 18.6 Å². The molecule has 0 bridgehead atoms. The Morgan fingerprint density at radius 3 is 2.48 bits per heavy atom. The second-order valence-corrected chi connectivity index (χ2v) is 10.1. The molecule has 0 aliphatic carbocycles. The van der Waals surface area contributed by atoms with Gasteiger partial charge in [0.1, 0.15) is 27.6 Å². The van der Waals surface area contributed by atoms with Crippen LogP contribution in [0, 0.1) is 0 Å². The molecule has 1 aromatic heterocycles. The van der Waals surface area contributed by atoms with Crippen LogP contribution in [0.25, 0.3) is 0 Å². The van der Waals surface area contributed by atoms with E-state index in [9.17, 15) is 18.6 Å². The van der Waals surface area contributed by atoms with Gasteiger partial charge in [0.25, 0.3) is 0 Å². The Morgan fingerprint density at radius 2 is 1.87 bits per heavy atom. The Balaban J connectivity index is 2.46. The van der Waals surface area contributed by atoms with E-state index in [0.717, 1.165) is 43.9 Å². The molecule has 5 nitrogen and oxygen atoms in total. The Kier molecular flexibility index (Phi) is 8.99. The Labute approximate surface area is 186 Å². The minimum absolute atomic E-state index is 0.00961. The Morgan fingerprint density at radius 1 is 1.13 bits per heavy atom. The maximum atomic E-state index is 13.3. The maximum Gasteiger partial charge on any atom is 0.213 e. The molecule has 1 aromatic carbocycles. The number of aromatic hydroxyl groups is 2. The summed E-state index contributed by atoms with van der Waals surface area (Å²) < 4.78 is 31.5. The summed E-state index contributed by atoms with van der Waals surface area (Å²) in [5.41, 5.74) is 3.03. The van der Waals surface area contributed by atoms with Gasteiger partial charge in [0, 0.05) is 5.56 Å². The molecule has 2 rings (SSSR count). The molecule has 2 aromatic rings. The fourth-order valence-electron chi connectivity index (χ4n) is 3.47. The van der Waals surface area contributed by atoms with Gasteiger partial charge < -0.3 is 14.6 Å². The van der Waals surface area contributed by atoms with Crippen molar-refractivity contribution in [3.05, 3.63) is 59.1 Å². The van der Waals surface area contributed by atoms with Crippen molar-refractivity contribution in [1.29, 1.82) is 0 Å². The molecular formula is C25H34O5S. The third kappa shape index (κ3) is 6.50. The van der Waals surface area contributed by atoms with Crippen molar-refractivity contribution in [2.75, 3.05) is 0 Å². The quantitative estimate of drug-likeness (QED) is 0.304. The predicted molar refractivity (Wildman–Crippen MR) is 123 cm³/mol. The highest BCUT2D eigenvalue weighted by Crippen LogP contribution is 2.40. The van der Waals surface area contributed by atoms with Crippen LogP contribution in [0.2, 0.25) is 0 Å². The van der Waals surface area contributed by atoms with Gasteiger partial charge in [-0.3, -0.25) is 0 Å². The molecule has 2 N–H and O–H groups in total. The van der Waals surface area contributed by atoms with Gasteiger partial charge in [0.2, 0.25) is 9.84 Å². The normalized spacial score (nSPS) is 12.2. The van der Waals surface area contributed by atoms with Crippen LogP contribution in [0.1, 0.15) is 70.9 Å². The third-order valence-corrected chi connectivity index (χ3v) is 7.13. The summed E-state index contributed by atoms with van der Waals surface area (Å²) in [6, 6.07) is 2.86. The largest absolute Gasteiger partial charge is 0.508 e. The number of aryl methyl sites for hydroxylation is 1. The Bertz CT molecular complexity index is 1020. The molecule has 0 aliphatic heterocycles. The highest BCUT2D eigenvalue weighted by Gasteiger charge is 2.29. The van der Waals surface area contributed by atoms with E-state index in [2.05, 4.69) is 26.8 Å². The number of phenolic OH excluding ortho intramolecular Hbond substituents is 2. The van der Waals surface area contributed by atoms with E-state index in [1.807, 2.05) is 13.0 Å². The van der Waals surface area contributed by atoms with Gasteiger partial charge in [-0.2, -0.15) is 0 Å². The van der Waals surface area contributed by atoms with Gasteiger partial charge in [-0.25, -0.2) is 8.42 Å². The number of rotatable bonds is 11. The molecule has 1 heterocycles. The third-order valence-electron chi connectivity index (χ3n) is 5.28. The number of allylic oxidation sites excluding steroid dienone is 4. The van der Waals surface area contributed by atoms with Crippen molar-refractivity contribution >= 4 is 9.84 Å². The molecule has 0 spiro atoms. The molecule has 31 heavy (non-hydrogen) atoms. The van der Waals surface area contributed by atoms with Crippen LogP contribution in [0.5, 0.6) is 11.5 Å². The Hall–Kier alpha value is -2.47. The average molecular weight is 447 g/mol. The first kappa shape index (κ1) is 24.8. The maximum absolute atomic E-state index is 13.3. The molecule has 170 valence electrons.